The lowest BCUT2D eigenvalue weighted by Gasteiger charge is -2.09. The number of hydrogen-bond donors (Lipinski definition) is 1. The van der Waals surface area contributed by atoms with E-state index in [1.165, 1.54) is 13.3 Å². The predicted molar refractivity (Wildman–Crippen MR) is 78.3 cm³/mol. The Kier molecular flexibility index (Phi) is 4.22. The number of amides is 1. The molecule has 0 unspecified atom stereocenters. The number of aromatic nitrogens is 1. The number of carbonyl (C=O) groups is 1. The van der Waals surface area contributed by atoms with Crippen LogP contribution >= 0.6 is 15.9 Å². The fourth-order valence-corrected chi connectivity index (χ4v) is 1.86. The van der Waals surface area contributed by atoms with Gasteiger partial charge in [-0.2, -0.15) is 0 Å². The summed E-state index contributed by atoms with van der Waals surface area (Å²) in [6.07, 6.45) is 1.48. The Bertz CT molecular complexity index is 602. The number of rotatable bonds is 3. The smallest absolute Gasteiger partial charge is 0.260 e. The maximum atomic E-state index is 12.1. The normalized spacial score (nSPS) is 10.0. The van der Waals surface area contributed by atoms with Crippen molar-refractivity contribution in [3.63, 3.8) is 0 Å². The molecular weight excluding hydrogens is 307 g/mol. The second-order valence-electron chi connectivity index (χ2n) is 3.78. The first-order valence-electron chi connectivity index (χ1n) is 5.46. The molecular formula is C13H10BBrN2O2. The van der Waals surface area contributed by atoms with Gasteiger partial charge >= 0.3 is 0 Å². The number of hydrogen-bond acceptors (Lipinski definition) is 3. The second-order valence-corrected chi connectivity index (χ2v) is 4.69. The Morgan fingerprint density at radius 3 is 2.79 bits per heavy atom. The minimum absolute atomic E-state index is 0.290. The molecule has 0 saturated heterocycles. The van der Waals surface area contributed by atoms with E-state index >= 15 is 0 Å². The fourth-order valence-electron chi connectivity index (χ4n) is 1.52. The van der Waals surface area contributed by atoms with Crippen LogP contribution in [0.3, 0.4) is 0 Å². The van der Waals surface area contributed by atoms with Crippen LogP contribution in [0.2, 0.25) is 0 Å². The SMILES string of the molecule is [B]c1ccc(NC(=O)c2ccc(Br)cc2OC)nc1. The molecule has 0 aliphatic carbocycles. The highest BCUT2D eigenvalue weighted by Crippen LogP contribution is 2.24. The van der Waals surface area contributed by atoms with Gasteiger partial charge in [0.15, 0.2) is 0 Å². The van der Waals surface area contributed by atoms with E-state index in [1.54, 1.807) is 30.3 Å². The minimum atomic E-state index is -0.290. The highest BCUT2D eigenvalue weighted by Gasteiger charge is 2.13. The molecule has 0 fully saturated rings. The summed E-state index contributed by atoms with van der Waals surface area (Å²) in [7, 11) is 7.04. The predicted octanol–water partition coefficient (Wildman–Crippen LogP) is 1.90. The van der Waals surface area contributed by atoms with E-state index < -0.39 is 0 Å². The van der Waals surface area contributed by atoms with Gasteiger partial charge in [0.2, 0.25) is 0 Å². The fraction of sp³-hybridized carbons (Fsp3) is 0.0769. The number of halogens is 1. The zero-order chi connectivity index (χ0) is 13.8. The minimum Gasteiger partial charge on any atom is -0.496 e. The van der Waals surface area contributed by atoms with E-state index in [9.17, 15) is 4.79 Å². The number of methoxy groups -OCH3 is 1. The summed E-state index contributed by atoms with van der Waals surface area (Å²) in [6.45, 7) is 0. The van der Waals surface area contributed by atoms with Crippen molar-refractivity contribution < 1.29 is 9.53 Å². The first kappa shape index (κ1) is 13.6. The molecule has 2 rings (SSSR count). The third kappa shape index (κ3) is 3.35. The van der Waals surface area contributed by atoms with Gasteiger partial charge in [-0.3, -0.25) is 4.79 Å². The molecule has 1 amide bonds. The lowest BCUT2D eigenvalue weighted by molar-refractivity contribution is 0.102. The molecule has 6 heteroatoms. The van der Waals surface area contributed by atoms with E-state index in [0.29, 0.717) is 22.6 Å². The van der Waals surface area contributed by atoms with Crippen molar-refractivity contribution in [3.8, 4) is 5.75 Å². The molecule has 2 aromatic rings. The Labute approximate surface area is 120 Å². The van der Waals surface area contributed by atoms with Gasteiger partial charge in [0.05, 0.1) is 12.7 Å². The van der Waals surface area contributed by atoms with Crippen molar-refractivity contribution in [2.75, 3.05) is 12.4 Å². The van der Waals surface area contributed by atoms with Gasteiger partial charge < -0.3 is 10.1 Å². The summed E-state index contributed by atoms with van der Waals surface area (Å²) in [6, 6.07) is 8.48. The lowest BCUT2D eigenvalue weighted by atomic mass is 9.99. The Balaban J connectivity index is 2.22. The average Bonchev–Trinajstić information content (AvgIpc) is 2.41. The number of nitrogens with one attached hydrogen (secondary N) is 1. The van der Waals surface area contributed by atoms with Crippen LogP contribution in [-0.4, -0.2) is 25.8 Å². The number of pyridine rings is 1. The van der Waals surface area contributed by atoms with Crippen LogP contribution in [-0.2, 0) is 0 Å². The van der Waals surface area contributed by atoms with Crippen molar-refractivity contribution in [2.24, 2.45) is 0 Å². The van der Waals surface area contributed by atoms with Crippen molar-refractivity contribution >= 4 is 41.0 Å². The third-order valence-electron chi connectivity index (χ3n) is 2.44. The molecule has 0 saturated carbocycles. The Hall–Kier alpha value is -1.82. The molecule has 0 spiro atoms. The molecule has 1 heterocycles. The van der Waals surface area contributed by atoms with E-state index in [1.807, 2.05) is 0 Å². The molecule has 0 aliphatic rings. The zero-order valence-corrected chi connectivity index (χ0v) is 11.8. The summed E-state index contributed by atoms with van der Waals surface area (Å²) in [5.74, 6) is 0.633. The number of nitrogens with zero attached hydrogens (tertiary/aromatic N) is 1. The number of carbonyl (C=O) groups excluding carboxylic acids is 1. The molecule has 1 N–H and O–H groups in total. The first-order chi connectivity index (χ1) is 9.10. The van der Waals surface area contributed by atoms with Gasteiger partial charge in [-0.15, -0.1) is 0 Å². The molecule has 1 aromatic carbocycles. The quantitative estimate of drug-likeness (QED) is 0.880. The van der Waals surface area contributed by atoms with Gasteiger partial charge in [-0.1, -0.05) is 27.5 Å². The van der Waals surface area contributed by atoms with Gasteiger partial charge in [0, 0.05) is 10.7 Å². The topological polar surface area (TPSA) is 51.2 Å². The summed E-state index contributed by atoms with van der Waals surface area (Å²) < 4.78 is 6.01. The molecule has 2 radical (unpaired) electrons. The second kappa shape index (κ2) is 5.88. The van der Waals surface area contributed by atoms with Crippen molar-refractivity contribution in [2.45, 2.75) is 0 Å². The summed E-state index contributed by atoms with van der Waals surface area (Å²) in [5.41, 5.74) is 0.976. The highest BCUT2D eigenvalue weighted by molar-refractivity contribution is 9.10. The molecule has 94 valence electrons. The van der Waals surface area contributed by atoms with Crippen LogP contribution in [0.1, 0.15) is 10.4 Å². The van der Waals surface area contributed by atoms with Crippen LogP contribution in [0.4, 0.5) is 5.82 Å². The lowest BCUT2D eigenvalue weighted by Crippen LogP contribution is -2.15. The van der Waals surface area contributed by atoms with Crippen molar-refractivity contribution in [1.82, 2.24) is 4.98 Å². The van der Waals surface area contributed by atoms with E-state index in [-0.39, 0.29) is 5.91 Å². The Morgan fingerprint density at radius 2 is 2.16 bits per heavy atom. The van der Waals surface area contributed by atoms with Gasteiger partial charge in [-0.05, 0) is 24.3 Å². The van der Waals surface area contributed by atoms with Gasteiger partial charge in [0.25, 0.3) is 5.91 Å². The van der Waals surface area contributed by atoms with Gasteiger partial charge in [-0.25, -0.2) is 4.98 Å². The third-order valence-corrected chi connectivity index (χ3v) is 2.93. The Morgan fingerprint density at radius 1 is 1.37 bits per heavy atom. The summed E-state index contributed by atoms with van der Waals surface area (Å²) in [5, 5.41) is 2.68. The van der Waals surface area contributed by atoms with Crippen LogP contribution in [0.25, 0.3) is 0 Å². The van der Waals surface area contributed by atoms with Gasteiger partial charge in [0.1, 0.15) is 19.4 Å². The molecule has 1 aromatic heterocycles. The highest BCUT2D eigenvalue weighted by atomic mass is 79.9. The average molecular weight is 317 g/mol. The van der Waals surface area contributed by atoms with E-state index in [4.69, 9.17) is 12.6 Å². The van der Waals surface area contributed by atoms with Crippen LogP contribution in [0.5, 0.6) is 5.75 Å². The van der Waals surface area contributed by atoms with E-state index in [2.05, 4.69) is 26.2 Å². The van der Waals surface area contributed by atoms with Crippen LogP contribution in [0.15, 0.2) is 41.0 Å². The molecule has 0 atom stereocenters. The molecule has 4 nitrogen and oxygen atoms in total. The van der Waals surface area contributed by atoms with Crippen molar-refractivity contribution in [1.29, 1.82) is 0 Å². The molecule has 19 heavy (non-hydrogen) atoms. The number of anilines is 1. The summed E-state index contributed by atoms with van der Waals surface area (Å²) in [4.78, 5) is 16.1. The number of ether oxygens (including phenoxy) is 1. The first-order valence-corrected chi connectivity index (χ1v) is 6.26. The number of benzene rings is 1. The molecule has 0 aliphatic heterocycles. The largest absolute Gasteiger partial charge is 0.496 e. The van der Waals surface area contributed by atoms with E-state index in [0.717, 1.165) is 4.47 Å². The monoisotopic (exact) mass is 316 g/mol. The maximum absolute atomic E-state index is 12.1. The maximum Gasteiger partial charge on any atom is 0.260 e. The standard InChI is InChI=1S/C13H10BBrN2O2/c1-19-11-6-9(15)3-4-10(11)13(18)17-12-5-2-8(14)7-16-12/h2-7H,1H3,(H,16,17,18). The zero-order valence-electron chi connectivity index (χ0n) is 10.2. The van der Waals surface area contributed by atoms with Crippen LogP contribution in [0, 0.1) is 0 Å². The molecule has 0 bridgehead atoms. The summed E-state index contributed by atoms with van der Waals surface area (Å²) >= 11 is 3.32. The van der Waals surface area contributed by atoms with Crippen molar-refractivity contribution in [3.05, 3.63) is 46.6 Å². The van der Waals surface area contributed by atoms with Crippen LogP contribution < -0.4 is 15.5 Å².